The van der Waals surface area contributed by atoms with Crippen LogP contribution in [0.1, 0.15) is 6.42 Å². The molecule has 120 valence electrons. The van der Waals surface area contributed by atoms with Crippen LogP contribution < -0.4 is 0 Å². The first-order valence-electron chi connectivity index (χ1n) is 8.21. The molecule has 0 radical (unpaired) electrons. The predicted octanol–water partition coefficient (Wildman–Crippen LogP) is 3.49. The molecule has 0 bridgehead atoms. The second-order valence-electron chi connectivity index (χ2n) is 5.86. The summed E-state index contributed by atoms with van der Waals surface area (Å²) in [4.78, 5) is 8.60. The van der Waals surface area contributed by atoms with Crippen molar-refractivity contribution < 1.29 is 4.74 Å². The lowest BCUT2D eigenvalue weighted by molar-refractivity contribution is 0.0370. The molecule has 4 nitrogen and oxygen atoms in total. The van der Waals surface area contributed by atoms with E-state index in [0.29, 0.717) is 0 Å². The fourth-order valence-corrected chi connectivity index (χ4v) is 3.90. The third-order valence-electron chi connectivity index (χ3n) is 4.36. The standard InChI is InChI=1S/C18H21N3OS/c1-2-6-16-15(5-1)19-18(17-7-3-14-23-17)21(16)9-4-8-20-10-12-22-13-11-20/h1-3,5-7,14H,4,8-13H2. The third-order valence-corrected chi connectivity index (χ3v) is 5.22. The van der Waals surface area contributed by atoms with Crippen molar-refractivity contribution in [2.45, 2.75) is 13.0 Å². The Morgan fingerprint density at radius 2 is 1.91 bits per heavy atom. The van der Waals surface area contributed by atoms with Gasteiger partial charge in [0, 0.05) is 26.2 Å². The highest BCUT2D eigenvalue weighted by Gasteiger charge is 2.14. The van der Waals surface area contributed by atoms with Gasteiger partial charge in [-0.05, 0) is 30.0 Å². The molecule has 23 heavy (non-hydrogen) atoms. The highest BCUT2D eigenvalue weighted by Crippen LogP contribution is 2.28. The molecule has 1 aromatic carbocycles. The number of rotatable bonds is 5. The van der Waals surface area contributed by atoms with Crippen LogP contribution in [-0.2, 0) is 11.3 Å². The maximum absolute atomic E-state index is 5.42. The van der Waals surface area contributed by atoms with E-state index in [1.807, 2.05) is 0 Å². The van der Waals surface area contributed by atoms with Gasteiger partial charge in [0.25, 0.3) is 0 Å². The Morgan fingerprint density at radius 1 is 1.04 bits per heavy atom. The summed E-state index contributed by atoms with van der Waals surface area (Å²) in [6.45, 7) is 5.98. The second-order valence-corrected chi connectivity index (χ2v) is 6.81. The summed E-state index contributed by atoms with van der Waals surface area (Å²) in [5, 5.41) is 2.12. The van der Waals surface area contributed by atoms with Crippen LogP contribution in [0.25, 0.3) is 21.7 Å². The van der Waals surface area contributed by atoms with Crippen molar-refractivity contribution in [1.29, 1.82) is 0 Å². The van der Waals surface area contributed by atoms with Crippen LogP contribution in [0.5, 0.6) is 0 Å². The Hall–Kier alpha value is -1.69. The number of hydrogen-bond acceptors (Lipinski definition) is 4. The SMILES string of the molecule is c1csc(-c2nc3ccccc3n2CCCN2CCOCC2)c1. The molecule has 3 aromatic rings. The maximum atomic E-state index is 5.42. The molecule has 5 heteroatoms. The van der Waals surface area contributed by atoms with E-state index in [-0.39, 0.29) is 0 Å². The molecule has 0 saturated carbocycles. The molecule has 0 N–H and O–H groups in total. The van der Waals surface area contributed by atoms with Crippen LogP contribution in [0.2, 0.25) is 0 Å². The molecule has 1 saturated heterocycles. The van der Waals surface area contributed by atoms with E-state index in [4.69, 9.17) is 9.72 Å². The number of morpholine rings is 1. The smallest absolute Gasteiger partial charge is 0.151 e. The zero-order chi connectivity index (χ0) is 15.5. The Kier molecular flexibility index (Phi) is 4.41. The third kappa shape index (κ3) is 3.17. The zero-order valence-corrected chi connectivity index (χ0v) is 14.0. The van der Waals surface area contributed by atoms with E-state index in [0.717, 1.165) is 57.2 Å². The lowest BCUT2D eigenvalue weighted by Crippen LogP contribution is -2.37. The summed E-state index contributed by atoms with van der Waals surface area (Å²) < 4.78 is 7.80. The minimum absolute atomic E-state index is 0.869. The molecule has 2 aromatic heterocycles. The number of hydrogen-bond donors (Lipinski definition) is 0. The van der Waals surface area contributed by atoms with E-state index in [1.54, 1.807) is 11.3 Å². The van der Waals surface area contributed by atoms with E-state index < -0.39 is 0 Å². The number of ether oxygens (including phenoxy) is 1. The Balaban J connectivity index is 1.56. The monoisotopic (exact) mass is 327 g/mol. The summed E-state index contributed by atoms with van der Waals surface area (Å²) in [6, 6.07) is 12.7. The van der Waals surface area contributed by atoms with E-state index >= 15 is 0 Å². The first-order valence-corrected chi connectivity index (χ1v) is 9.09. The largest absolute Gasteiger partial charge is 0.379 e. The number of imidazole rings is 1. The number of thiophene rings is 1. The number of para-hydroxylation sites is 2. The van der Waals surface area contributed by atoms with Crippen molar-refractivity contribution >= 4 is 22.4 Å². The minimum Gasteiger partial charge on any atom is -0.379 e. The molecule has 3 heterocycles. The van der Waals surface area contributed by atoms with Crippen molar-refractivity contribution in [2.75, 3.05) is 32.8 Å². The van der Waals surface area contributed by atoms with E-state index in [2.05, 4.69) is 51.2 Å². The maximum Gasteiger partial charge on any atom is 0.151 e. The molecule has 0 aliphatic carbocycles. The van der Waals surface area contributed by atoms with Gasteiger partial charge in [0.1, 0.15) is 0 Å². The van der Waals surface area contributed by atoms with Gasteiger partial charge >= 0.3 is 0 Å². The lowest BCUT2D eigenvalue weighted by Gasteiger charge is -2.26. The molecule has 4 rings (SSSR count). The van der Waals surface area contributed by atoms with E-state index in [9.17, 15) is 0 Å². The molecule has 1 aliphatic rings. The molecular formula is C18H21N3OS. The van der Waals surface area contributed by atoms with Gasteiger partial charge in [-0.3, -0.25) is 4.90 Å². The average Bonchev–Trinajstić information content (AvgIpc) is 3.24. The highest BCUT2D eigenvalue weighted by molar-refractivity contribution is 7.13. The van der Waals surface area contributed by atoms with Gasteiger partial charge in [-0.2, -0.15) is 0 Å². The highest BCUT2D eigenvalue weighted by atomic mass is 32.1. The molecule has 0 atom stereocenters. The van der Waals surface area contributed by atoms with Gasteiger partial charge in [-0.1, -0.05) is 18.2 Å². The van der Waals surface area contributed by atoms with Crippen LogP contribution in [0.4, 0.5) is 0 Å². The zero-order valence-electron chi connectivity index (χ0n) is 13.1. The lowest BCUT2D eigenvalue weighted by atomic mass is 10.3. The number of nitrogens with zero attached hydrogens (tertiary/aromatic N) is 3. The quantitative estimate of drug-likeness (QED) is 0.719. The van der Waals surface area contributed by atoms with Gasteiger partial charge in [-0.25, -0.2) is 4.98 Å². The summed E-state index contributed by atoms with van der Waals surface area (Å²) in [5.74, 6) is 1.10. The van der Waals surface area contributed by atoms with Crippen molar-refractivity contribution in [2.24, 2.45) is 0 Å². The average molecular weight is 327 g/mol. The normalized spacial score (nSPS) is 16.2. The molecule has 1 aliphatic heterocycles. The fourth-order valence-electron chi connectivity index (χ4n) is 3.17. The van der Waals surface area contributed by atoms with Gasteiger partial charge in [-0.15, -0.1) is 11.3 Å². The summed E-state index contributed by atoms with van der Waals surface area (Å²) >= 11 is 1.76. The minimum atomic E-state index is 0.869. The number of benzene rings is 1. The van der Waals surface area contributed by atoms with Gasteiger partial charge in [0.2, 0.25) is 0 Å². The molecule has 0 unspecified atom stereocenters. The van der Waals surface area contributed by atoms with E-state index in [1.165, 1.54) is 10.4 Å². The predicted molar refractivity (Wildman–Crippen MR) is 94.9 cm³/mol. The first-order chi connectivity index (χ1) is 11.4. The number of aromatic nitrogens is 2. The number of aryl methyl sites for hydroxylation is 1. The van der Waals surface area contributed by atoms with Gasteiger partial charge in [0.15, 0.2) is 5.82 Å². The molecular weight excluding hydrogens is 306 g/mol. The second kappa shape index (κ2) is 6.83. The summed E-state index contributed by atoms with van der Waals surface area (Å²) in [6.07, 6.45) is 1.14. The van der Waals surface area contributed by atoms with Crippen molar-refractivity contribution in [3.05, 3.63) is 41.8 Å². The van der Waals surface area contributed by atoms with Crippen LogP contribution in [0, 0.1) is 0 Å². The fraction of sp³-hybridized carbons (Fsp3) is 0.389. The molecule has 1 fully saturated rings. The molecule has 0 spiro atoms. The summed E-state index contributed by atoms with van der Waals surface area (Å²) in [7, 11) is 0. The van der Waals surface area contributed by atoms with Crippen molar-refractivity contribution in [3.8, 4) is 10.7 Å². The molecule has 0 amide bonds. The Morgan fingerprint density at radius 3 is 2.74 bits per heavy atom. The van der Waals surface area contributed by atoms with Crippen LogP contribution in [0.15, 0.2) is 41.8 Å². The van der Waals surface area contributed by atoms with Crippen LogP contribution >= 0.6 is 11.3 Å². The summed E-state index contributed by atoms with van der Waals surface area (Å²) in [5.41, 5.74) is 2.32. The van der Waals surface area contributed by atoms with Gasteiger partial charge in [0.05, 0.1) is 29.1 Å². The van der Waals surface area contributed by atoms with Crippen LogP contribution in [0.3, 0.4) is 0 Å². The van der Waals surface area contributed by atoms with Crippen molar-refractivity contribution in [3.63, 3.8) is 0 Å². The number of fused-ring (bicyclic) bond motifs is 1. The first kappa shape index (κ1) is 14.9. The van der Waals surface area contributed by atoms with Gasteiger partial charge < -0.3 is 9.30 Å². The topological polar surface area (TPSA) is 30.3 Å². The Bertz CT molecular complexity index is 760. The van der Waals surface area contributed by atoms with Crippen LogP contribution in [-0.4, -0.2) is 47.3 Å². The van der Waals surface area contributed by atoms with Crippen molar-refractivity contribution in [1.82, 2.24) is 14.5 Å². The Labute approximate surface area is 140 Å².